The average Bonchev–Trinajstić information content (AvgIpc) is 2.29. The number of hydrogen-bond donors (Lipinski definition) is 0. The maximum atomic E-state index is 10.4. The Morgan fingerprint density at radius 1 is 1.58 bits per heavy atom. The van der Waals surface area contributed by atoms with Crippen molar-refractivity contribution in [3.05, 3.63) is 23.2 Å². The number of aldehydes is 1. The van der Waals surface area contributed by atoms with Crippen molar-refractivity contribution < 1.29 is 9.21 Å². The molecule has 0 bridgehead atoms. The van der Waals surface area contributed by atoms with Gasteiger partial charge >= 0.3 is 0 Å². The summed E-state index contributed by atoms with van der Waals surface area (Å²) in [6.07, 6.45) is 0.745. The monoisotopic (exact) mass is 167 g/mol. The fourth-order valence-electron chi connectivity index (χ4n) is 1.07. The summed E-state index contributed by atoms with van der Waals surface area (Å²) in [7, 11) is 3.91. The van der Waals surface area contributed by atoms with Crippen molar-refractivity contribution >= 4 is 6.29 Å². The van der Waals surface area contributed by atoms with Gasteiger partial charge in [-0.1, -0.05) is 0 Å². The van der Waals surface area contributed by atoms with Gasteiger partial charge in [0.2, 0.25) is 0 Å². The van der Waals surface area contributed by atoms with Gasteiger partial charge in [0.05, 0.1) is 6.54 Å². The van der Waals surface area contributed by atoms with E-state index < -0.39 is 0 Å². The second-order valence-electron chi connectivity index (χ2n) is 3.12. The SMILES string of the molecule is Cc1cc(CN(C)C)oc1C=O. The third kappa shape index (κ3) is 1.95. The Labute approximate surface area is 72.0 Å². The van der Waals surface area contributed by atoms with E-state index in [2.05, 4.69) is 0 Å². The molecular formula is C9H13NO2. The van der Waals surface area contributed by atoms with E-state index in [4.69, 9.17) is 4.42 Å². The maximum Gasteiger partial charge on any atom is 0.185 e. The molecule has 0 aliphatic rings. The van der Waals surface area contributed by atoms with E-state index in [1.165, 1.54) is 0 Å². The predicted octanol–water partition coefficient (Wildman–Crippen LogP) is 1.46. The average molecular weight is 167 g/mol. The summed E-state index contributed by atoms with van der Waals surface area (Å²) < 4.78 is 5.26. The molecule has 0 aromatic carbocycles. The molecule has 0 aliphatic heterocycles. The second kappa shape index (κ2) is 3.54. The van der Waals surface area contributed by atoms with Crippen molar-refractivity contribution in [1.29, 1.82) is 0 Å². The lowest BCUT2D eigenvalue weighted by Gasteiger charge is -2.04. The number of rotatable bonds is 3. The van der Waals surface area contributed by atoms with Gasteiger partial charge in [-0.05, 0) is 32.6 Å². The number of carbonyl (C=O) groups excluding carboxylic acids is 1. The number of aryl methyl sites for hydroxylation is 1. The topological polar surface area (TPSA) is 33.5 Å². The Balaban J connectivity index is 2.82. The van der Waals surface area contributed by atoms with Crippen LogP contribution in [-0.2, 0) is 6.54 Å². The van der Waals surface area contributed by atoms with E-state index in [0.717, 1.165) is 24.2 Å². The third-order valence-corrected chi connectivity index (χ3v) is 1.59. The van der Waals surface area contributed by atoms with E-state index in [0.29, 0.717) is 5.76 Å². The molecule has 0 N–H and O–H groups in total. The van der Waals surface area contributed by atoms with Crippen LogP contribution in [0.2, 0.25) is 0 Å². The van der Waals surface area contributed by atoms with E-state index >= 15 is 0 Å². The molecule has 1 heterocycles. The first-order valence-corrected chi connectivity index (χ1v) is 3.82. The van der Waals surface area contributed by atoms with Crippen LogP contribution in [-0.4, -0.2) is 25.3 Å². The van der Waals surface area contributed by atoms with Crippen LogP contribution < -0.4 is 0 Å². The van der Waals surface area contributed by atoms with Crippen LogP contribution in [0.3, 0.4) is 0 Å². The van der Waals surface area contributed by atoms with Gasteiger partial charge in [-0.15, -0.1) is 0 Å². The number of hydrogen-bond acceptors (Lipinski definition) is 3. The molecule has 0 fully saturated rings. The van der Waals surface area contributed by atoms with Crippen molar-refractivity contribution in [2.45, 2.75) is 13.5 Å². The van der Waals surface area contributed by atoms with E-state index in [9.17, 15) is 4.79 Å². The molecule has 1 aromatic rings. The lowest BCUT2D eigenvalue weighted by molar-refractivity contribution is 0.109. The standard InChI is InChI=1S/C9H13NO2/c1-7-4-8(5-10(2)3)12-9(7)6-11/h4,6H,5H2,1-3H3. The van der Waals surface area contributed by atoms with Crippen LogP contribution in [0.5, 0.6) is 0 Å². The minimum absolute atomic E-state index is 0.437. The lowest BCUT2D eigenvalue weighted by atomic mass is 10.3. The van der Waals surface area contributed by atoms with E-state index in [-0.39, 0.29) is 0 Å². The maximum absolute atomic E-state index is 10.4. The Kier molecular flexibility index (Phi) is 2.65. The zero-order chi connectivity index (χ0) is 9.14. The summed E-state index contributed by atoms with van der Waals surface area (Å²) >= 11 is 0. The van der Waals surface area contributed by atoms with Crippen LogP contribution in [0.15, 0.2) is 10.5 Å². The van der Waals surface area contributed by atoms with Gasteiger partial charge in [-0.3, -0.25) is 4.79 Å². The predicted molar refractivity (Wildman–Crippen MR) is 46.2 cm³/mol. The molecule has 3 heteroatoms. The zero-order valence-electron chi connectivity index (χ0n) is 7.63. The number of furan rings is 1. The Hall–Kier alpha value is -1.09. The summed E-state index contributed by atoms with van der Waals surface area (Å²) in [5.41, 5.74) is 0.904. The fourth-order valence-corrected chi connectivity index (χ4v) is 1.07. The van der Waals surface area contributed by atoms with Crippen LogP contribution in [0.1, 0.15) is 21.9 Å². The highest BCUT2D eigenvalue weighted by molar-refractivity contribution is 5.72. The van der Waals surface area contributed by atoms with Gasteiger partial charge in [0.1, 0.15) is 5.76 Å². The molecule has 0 saturated carbocycles. The minimum Gasteiger partial charge on any atom is -0.457 e. The summed E-state index contributed by atoms with van der Waals surface area (Å²) in [5, 5.41) is 0. The third-order valence-electron chi connectivity index (χ3n) is 1.59. The summed E-state index contributed by atoms with van der Waals surface area (Å²) in [6, 6.07) is 1.89. The lowest BCUT2D eigenvalue weighted by Crippen LogP contribution is -2.09. The van der Waals surface area contributed by atoms with Gasteiger partial charge in [-0.25, -0.2) is 0 Å². The molecule has 66 valence electrons. The first-order chi connectivity index (χ1) is 5.63. The van der Waals surface area contributed by atoms with Crippen LogP contribution in [0.25, 0.3) is 0 Å². The van der Waals surface area contributed by atoms with Gasteiger partial charge in [-0.2, -0.15) is 0 Å². The number of carbonyl (C=O) groups is 1. The molecule has 0 aliphatic carbocycles. The van der Waals surface area contributed by atoms with E-state index in [1.807, 2.05) is 32.0 Å². The van der Waals surface area contributed by atoms with Crippen molar-refractivity contribution in [3.8, 4) is 0 Å². The Morgan fingerprint density at radius 3 is 2.67 bits per heavy atom. The minimum atomic E-state index is 0.437. The molecule has 0 amide bonds. The van der Waals surface area contributed by atoms with Crippen LogP contribution >= 0.6 is 0 Å². The highest BCUT2D eigenvalue weighted by Crippen LogP contribution is 2.13. The van der Waals surface area contributed by atoms with Crippen molar-refractivity contribution in [3.63, 3.8) is 0 Å². The van der Waals surface area contributed by atoms with Crippen molar-refractivity contribution in [2.75, 3.05) is 14.1 Å². The molecule has 3 nitrogen and oxygen atoms in total. The Bertz CT molecular complexity index is 276. The normalized spacial score (nSPS) is 10.7. The molecule has 1 aromatic heterocycles. The number of nitrogens with zero attached hydrogens (tertiary/aromatic N) is 1. The first-order valence-electron chi connectivity index (χ1n) is 3.82. The molecule has 0 spiro atoms. The largest absolute Gasteiger partial charge is 0.457 e. The highest BCUT2D eigenvalue weighted by atomic mass is 16.3. The molecule has 0 unspecified atom stereocenters. The zero-order valence-corrected chi connectivity index (χ0v) is 7.63. The Morgan fingerprint density at radius 2 is 2.25 bits per heavy atom. The van der Waals surface area contributed by atoms with Crippen molar-refractivity contribution in [2.24, 2.45) is 0 Å². The van der Waals surface area contributed by atoms with Gasteiger partial charge in [0, 0.05) is 0 Å². The van der Waals surface area contributed by atoms with Gasteiger partial charge < -0.3 is 9.32 Å². The first kappa shape index (κ1) is 9.00. The molecular weight excluding hydrogens is 154 g/mol. The van der Waals surface area contributed by atoms with Crippen molar-refractivity contribution in [1.82, 2.24) is 4.90 Å². The summed E-state index contributed by atoms with van der Waals surface area (Å²) in [4.78, 5) is 12.4. The highest BCUT2D eigenvalue weighted by Gasteiger charge is 2.06. The molecule has 0 atom stereocenters. The fraction of sp³-hybridized carbons (Fsp3) is 0.444. The summed E-state index contributed by atoms with van der Waals surface area (Å²) in [6.45, 7) is 2.60. The molecule has 0 saturated heterocycles. The molecule has 12 heavy (non-hydrogen) atoms. The van der Waals surface area contributed by atoms with E-state index in [1.54, 1.807) is 0 Å². The van der Waals surface area contributed by atoms with Gasteiger partial charge in [0.25, 0.3) is 0 Å². The second-order valence-corrected chi connectivity index (χ2v) is 3.12. The smallest absolute Gasteiger partial charge is 0.185 e. The van der Waals surface area contributed by atoms with Gasteiger partial charge in [0.15, 0.2) is 12.0 Å². The molecule has 0 radical (unpaired) electrons. The summed E-state index contributed by atoms with van der Waals surface area (Å²) in [5.74, 6) is 1.27. The van der Waals surface area contributed by atoms with Crippen LogP contribution in [0, 0.1) is 6.92 Å². The van der Waals surface area contributed by atoms with Crippen LogP contribution in [0.4, 0.5) is 0 Å². The molecule has 1 rings (SSSR count). The quantitative estimate of drug-likeness (QED) is 0.639.